The molecule has 0 aliphatic heterocycles. The van der Waals surface area contributed by atoms with Crippen molar-refractivity contribution in [2.45, 2.75) is 84.2 Å². The lowest BCUT2D eigenvalue weighted by Gasteiger charge is -2.24. The van der Waals surface area contributed by atoms with Gasteiger partial charge in [0.1, 0.15) is 0 Å². The molecule has 0 bridgehead atoms. The second-order valence-corrected chi connectivity index (χ2v) is 5.90. The minimum Gasteiger partial charge on any atom is -0.196 e. The first-order valence-electron chi connectivity index (χ1n) is 7.67. The summed E-state index contributed by atoms with van der Waals surface area (Å²) in [4.78, 5) is 0. The molecular weight excluding hydrogens is 248 g/mol. The van der Waals surface area contributed by atoms with Crippen molar-refractivity contribution < 1.29 is 0 Å². The highest BCUT2D eigenvalue weighted by Gasteiger charge is 2.32. The molecule has 0 aromatic heterocycles. The van der Waals surface area contributed by atoms with Crippen molar-refractivity contribution >= 4 is 0 Å². The number of hydrogen-bond donors (Lipinski definition) is 0. The highest BCUT2D eigenvalue weighted by molar-refractivity contribution is 5.09. The van der Waals surface area contributed by atoms with Crippen molar-refractivity contribution in [2.75, 3.05) is 0 Å². The lowest BCUT2D eigenvalue weighted by Crippen LogP contribution is -2.28. The second kappa shape index (κ2) is 8.69. The van der Waals surface area contributed by atoms with E-state index in [0.29, 0.717) is 25.2 Å². The molecule has 0 aromatic rings. The van der Waals surface area contributed by atoms with Gasteiger partial charge in [-0.2, -0.15) is 20.8 Å². The topological polar surface area (TPSA) is 72.3 Å². The largest absolute Gasteiger partial charge is 0.196 e. The van der Waals surface area contributed by atoms with E-state index < -0.39 is 11.1 Å². The number of azo groups is 1. The van der Waals surface area contributed by atoms with Crippen molar-refractivity contribution in [1.82, 2.24) is 0 Å². The molecule has 0 aromatic carbocycles. The zero-order chi connectivity index (χ0) is 15.6. The number of unbranched alkanes of at least 4 members (excludes halogenated alkanes) is 1. The third kappa shape index (κ3) is 5.70. The quantitative estimate of drug-likeness (QED) is 0.554. The van der Waals surface area contributed by atoms with Crippen LogP contribution in [0.5, 0.6) is 0 Å². The molecule has 0 saturated heterocycles. The Morgan fingerprint density at radius 1 is 1.10 bits per heavy atom. The van der Waals surface area contributed by atoms with Crippen molar-refractivity contribution in [2.24, 2.45) is 16.1 Å². The van der Waals surface area contributed by atoms with Crippen LogP contribution in [0.1, 0.15) is 73.1 Å². The van der Waals surface area contributed by atoms with E-state index in [1.54, 1.807) is 6.92 Å². The van der Waals surface area contributed by atoms with E-state index in [2.05, 4.69) is 43.1 Å². The van der Waals surface area contributed by atoms with Gasteiger partial charge in [-0.1, -0.05) is 47.0 Å². The maximum atomic E-state index is 9.48. The normalized spacial score (nSPS) is 18.8. The Kier molecular flexibility index (Phi) is 8.07. The van der Waals surface area contributed by atoms with E-state index >= 15 is 0 Å². The van der Waals surface area contributed by atoms with E-state index in [9.17, 15) is 10.5 Å². The molecule has 3 unspecified atom stereocenters. The summed E-state index contributed by atoms with van der Waals surface area (Å²) in [6.07, 6.45) is 5.02. The first-order chi connectivity index (χ1) is 9.40. The standard InChI is InChI=1S/C16H28N4/c1-6-9-10-15(5,12-17)19-20-16(8-3,13-18)11-14(4)7-2/h14H,6-11H2,1-5H3. The van der Waals surface area contributed by atoms with E-state index in [-0.39, 0.29) is 0 Å². The maximum absolute atomic E-state index is 9.48. The van der Waals surface area contributed by atoms with Crippen LogP contribution in [-0.2, 0) is 0 Å². The first kappa shape index (κ1) is 18.6. The molecule has 0 radical (unpaired) electrons. The first-order valence-corrected chi connectivity index (χ1v) is 7.67. The summed E-state index contributed by atoms with van der Waals surface area (Å²) in [6, 6.07) is 4.54. The highest BCUT2D eigenvalue weighted by Crippen LogP contribution is 2.29. The molecule has 0 amide bonds. The van der Waals surface area contributed by atoms with Gasteiger partial charge >= 0.3 is 0 Å². The Hall–Kier alpha value is -1.42. The van der Waals surface area contributed by atoms with Crippen molar-refractivity contribution in [3.63, 3.8) is 0 Å². The molecule has 0 aliphatic rings. The third-order valence-electron chi connectivity index (χ3n) is 3.90. The van der Waals surface area contributed by atoms with Crippen molar-refractivity contribution in [1.29, 1.82) is 10.5 Å². The second-order valence-electron chi connectivity index (χ2n) is 5.90. The summed E-state index contributed by atoms with van der Waals surface area (Å²) >= 11 is 0. The Morgan fingerprint density at radius 3 is 2.15 bits per heavy atom. The summed E-state index contributed by atoms with van der Waals surface area (Å²) in [5, 5.41) is 27.3. The Morgan fingerprint density at radius 2 is 1.75 bits per heavy atom. The molecule has 20 heavy (non-hydrogen) atoms. The minimum absolute atomic E-state index is 0.428. The molecule has 112 valence electrons. The van der Waals surface area contributed by atoms with E-state index in [4.69, 9.17) is 0 Å². The zero-order valence-corrected chi connectivity index (χ0v) is 13.6. The predicted octanol–water partition coefficient (Wildman–Crippen LogP) is 5.02. The molecule has 0 spiro atoms. The molecule has 4 heteroatoms. The zero-order valence-electron chi connectivity index (χ0n) is 13.6. The Bertz CT molecular complexity index is 390. The SMILES string of the molecule is CCCCC(C)(C#N)N=NC(C#N)(CC)CC(C)CC. The fourth-order valence-corrected chi connectivity index (χ4v) is 1.98. The molecule has 3 atom stereocenters. The van der Waals surface area contributed by atoms with Gasteiger partial charge in [0.2, 0.25) is 0 Å². The molecule has 0 rings (SSSR count). The summed E-state index contributed by atoms with van der Waals surface area (Å²) in [5.74, 6) is 0.428. The molecule has 0 heterocycles. The van der Waals surface area contributed by atoms with Gasteiger partial charge in [-0.05, 0) is 32.1 Å². The number of rotatable bonds is 9. The average molecular weight is 276 g/mol. The predicted molar refractivity (Wildman–Crippen MR) is 81.1 cm³/mol. The van der Waals surface area contributed by atoms with E-state index in [0.717, 1.165) is 19.3 Å². The van der Waals surface area contributed by atoms with Crippen LogP contribution >= 0.6 is 0 Å². The lowest BCUT2D eigenvalue weighted by atomic mass is 9.86. The summed E-state index contributed by atoms with van der Waals surface area (Å²) in [6.45, 7) is 10.1. The van der Waals surface area contributed by atoms with Crippen molar-refractivity contribution in [3.8, 4) is 12.1 Å². The molecule has 0 fully saturated rings. The van der Waals surface area contributed by atoms with Crippen molar-refractivity contribution in [3.05, 3.63) is 0 Å². The molecule has 4 nitrogen and oxygen atoms in total. The van der Waals surface area contributed by atoms with Crippen LogP contribution in [0.4, 0.5) is 0 Å². The minimum atomic E-state index is -0.803. The van der Waals surface area contributed by atoms with Crippen LogP contribution < -0.4 is 0 Å². The molecular formula is C16H28N4. The van der Waals surface area contributed by atoms with Gasteiger partial charge in [-0.3, -0.25) is 0 Å². The Balaban J connectivity index is 5.11. The monoisotopic (exact) mass is 276 g/mol. The smallest absolute Gasteiger partial charge is 0.167 e. The summed E-state index contributed by atoms with van der Waals surface area (Å²) < 4.78 is 0. The van der Waals surface area contributed by atoms with Gasteiger partial charge < -0.3 is 0 Å². The highest BCUT2D eigenvalue weighted by atomic mass is 15.2. The third-order valence-corrected chi connectivity index (χ3v) is 3.90. The summed E-state index contributed by atoms with van der Waals surface area (Å²) in [5.41, 5.74) is -1.58. The van der Waals surface area contributed by atoms with E-state index in [1.807, 2.05) is 6.92 Å². The molecule has 0 N–H and O–H groups in total. The number of nitrogens with zero attached hydrogens (tertiary/aromatic N) is 4. The van der Waals surface area contributed by atoms with Crippen LogP contribution in [0.3, 0.4) is 0 Å². The fourth-order valence-electron chi connectivity index (χ4n) is 1.98. The van der Waals surface area contributed by atoms with Crippen LogP contribution in [0.2, 0.25) is 0 Å². The van der Waals surface area contributed by atoms with Crippen LogP contribution in [-0.4, -0.2) is 11.1 Å². The van der Waals surface area contributed by atoms with Gasteiger partial charge in [-0.25, -0.2) is 0 Å². The van der Waals surface area contributed by atoms with Gasteiger partial charge in [0.15, 0.2) is 11.1 Å². The molecule has 0 saturated carbocycles. The fraction of sp³-hybridized carbons (Fsp3) is 0.875. The van der Waals surface area contributed by atoms with Crippen LogP contribution in [0.15, 0.2) is 10.2 Å². The van der Waals surface area contributed by atoms with Crippen LogP contribution in [0, 0.1) is 28.6 Å². The summed E-state index contributed by atoms with van der Waals surface area (Å²) in [7, 11) is 0. The van der Waals surface area contributed by atoms with Crippen LogP contribution in [0.25, 0.3) is 0 Å². The van der Waals surface area contributed by atoms with Gasteiger partial charge in [0, 0.05) is 0 Å². The van der Waals surface area contributed by atoms with E-state index in [1.165, 1.54) is 0 Å². The maximum Gasteiger partial charge on any atom is 0.167 e. The van der Waals surface area contributed by atoms with Gasteiger partial charge in [0.25, 0.3) is 0 Å². The lowest BCUT2D eigenvalue weighted by molar-refractivity contribution is 0.353. The average Bonchev–Trinajstić information content (AvgIpc) is 2.49. The molecule has 0 aliphatic carbocycles. The van der Waals surface area contributed by atoms with Gasteiger partial charge in [-0.15, -0.1) is 0 Å². The number of hydrogen-bond acceptors (Lipinski definition) is 4. The Labute approximate surface area is 123 Å². The van der Waals surface area contributed by atoms with Gasteiger partial charge in [0.05, 0.1) is 12.1 Å². The number of nitriles is 2.